The second kappa shape index (κ2) is 4.32. The van der Waals surface area contributed by atoms with Crippen LogP contribution in [0.25, 0.3) is 0 Å². The van der Waals surface area contributed by atoms with Crippen LogP contribution in [-0.4, -0.2) is 38.2 Å². The van der Waals surface area contributed by atoms with Crippen molar-refractivity contribution in [2.75, 3.05) is 6.61 Å². The van der Waals surface area contributed by atoms with Gasteiger partial charge >= 0.3 is 5.69 Å². The van der Waals surface area contributed by atoms with E-state index in [1.807, 2.05) is 0 Å². The predicted octanol–water partition coefficient (Wildman–Crippen LogP) is -2.29. The first-order chi connectivity index (χ1) is 8.39. The smallest absolute Gasteiger partial charge is 0.330 e. The Hall–Kier alpha value is -1.48. The molecule has 0 saturated carbocycles. The van der Waals surface area contributed by atoms with Crippen molar-refractivity contribution in [3.8, 4) is 0 Å². The third-order valence-corrected chi connectivity index (χ3v) is 3.16. The molecule has 0 amide bonds. The zero-order valence-corrected chi connectivity index (χ0v) is 9.74. The largest absolute Gasteiger partial charge is 0.392 e. The third-order valence-electron chi connectivity index (χ3n) is 3.16. The van der Waals surface area contributed by atoms with E-state index in [4.69, 9.17) is 15.6 Å². The second-order valence-electron chi connectivity index (χ2n) is 4.44. The van der Waals surface area contributed by atoms with Crippen LogP contribution in [0.15, 0.2) is 21.9 Å². The first kappa shape index (κ1) is 13.0. The molecule has 18 heavy (non-hydrogen) atoms. The Bertz CT molecular complexity index is 553. The fourth-order valence-electron chi connectivity index (χ4n) is 2.07. The number of ether oxygens (including phenoxy) is 1. The zero-order valence-electron chi connectivity index (χ0n) is 9.74. The van der Waals surface area contributed by atoms with Gasteiger partial charge in [-0.15, -0.1) is 0 Å². The summed E-state index contributed by atoms with van der Waals surface area (Å²) in [5.74, 6) is -0.509. The molecule has 0 aliphatic carbocycles. The summed E-state index contributed by atoms with van der Waals surface area (Å²) in [5.41, 5.74) is 2.90. The first-order valence-electron chi connectivity index (χ1n) is 5.46. The molecule has 100 valence electrons. The number of aromatic amines is 1. The van der Waals surface area contributed by atoms with Crippen molar-refractivity contribution in [1.82, 2.24) is 9.55 Å². The van der Waals surface area contributed by atoms with Crippen LogP contribution < -0.4 is 17.0 Å². The van der Waals surface area contributed by atoms with Crippen LogP contribution in [0.4, 0.5) is 0 Å². The van der Waals surface area contributed by atoms with Gasteiger partial charge in [0.2, 0.25) is 0 Å². The quantitative estimate of drug-likeness (QED) is 0.471. The molecule has 1 aliphatic heterocycles. The molecule has 8 nitrogen and oxygen atoms in total. The molecular weight excluding hydrogens is 242 g/mol. The molecule has 1 aromatic heterocycles. The van der Waals surface area contributed by atoms with Gasteiger partial charge in [0.25, 0.3) is 5.56 Å². The zero-order chi connectivity index (χ0) is 13.5. The fraction of sp³-hybridized carbons (Fsp3) is 0.600. The van der Waals surface area contributed by atoms with Crippen molar-refractivity contribution in [2.45, 2.75) is 25.0 Å². The maximum atomic E-state index is 11.6. The van der Waals surface area contributed by atoms with Crippen molar-refractivity contribution >= 4 is 0 Å². The number of hydrogen-bond acceptors (Lipinski definition) is 6. The molecule has 0 bridgehead atoms. The molecule has 0 radical (unpaired) electrons. The first-order valence-corrected chi connectivity index (χ1v) is 5.46. The van der Waals surface area contributed by atoms with Gasteiger partial charge in [0.15, 0.2) is 5.72 Å². The van der Waals surface area contributed by atoms with E-state index < -0.39 is 41.8 Å². The Balaban J connectivity index is 2.41. The summed E-state index contributed by atoms with van der Waals surface area (Å²) in [7, 11) is 0. The molecular formula is C10H15N3O5. The maximum Gasteiger partial charge on any atom is 0.330 e. The molecule has 1 aromatic rings. The number of aliphatic hydroxyl groups is 2. The highest BCUT2D eigenvalue weighted by Gasteiger charge is 2.51. The van der Waals surface area contributed by atoms with Crippen molar-refractivity contribution in [1.29, 1.82) is 0 Å². The van der Waals surface area contributed by atoms with E-state index in [0.29, 0.717) is 0 Å². The summed E-state index contributed by atoms with van der Waals surface area (Å²) in [6.07, 6.45) is -0.703. The Morgan fingerprint density at radius 2 is 2.28 bits per heavy atom. The Labute approximate surface area is 102 Å². The molecule has 4 atom stereocenters. The summed E-state index contributed by atoms with van der Waals surface area (Å²) in [6.45, 7) is 1.06. The highest BCUT2D eigenvalue weighted by atomic mass is 16.6. The lowest BCUT2D eigenvalue weighted by molar-refractivity contribution is -0.125. The van der Waals surface area contributed by atoms with Gasteiger partial charge in [-0.2, -0.15) is 0 Å². The average molecular weight is 257 g/mol. The summed E-state index contributed by atoms with van der Waals surface area (Å²) >= 11 is 0. The second-order valence-corrected chi connectivity index (χ2v) is 4.44. The van der Waals surface area contributed by atoms with Gasteiger partial charge in [0.05, 0.1) is 6.61 Å². The number of aromatic nitrogens is 2. The highest BCUT2D eigenvalue weighted by molar-refractivity contribution is 4.96. The number of nitrogens with two attached hydrogens (primary N) is 1. The molecule has 8 heteroatoms. The van der Waals surface area contributed by atoms with Gasteiger partial charge in [0, 0.05) is 18.2 Å². The van der Waals surface area contributed by atoms with E-state index >= 15 is 0 Å². The SMILES string of the molecule is C[C@@H]1[C@H](n2ccc(=O)[nH]c2=O)O[C@](N)(CO)[C@H]1O. The molecule has 5 N–H and O–H groups in total. The molecule has 1 saturated heterocycles. The molecule has 0 aromatic carbocycles. The standard InChI is InChI=1S/C10H15N3O5/c1-5-7(16)10(11,4-14)18-8(5)13-3-2-6(15)12-9(13)17/h2-3,5,7-8,14,16H,4,11H2,1H3,(H,12,15,17)/t5-,7-,8+,10+/m0/s1. The molecule has 2 heterocycles. The number of aliphatic hydroxyl groups excluding tert-OH is 2. The minimum absolute atomic E-state index is 0.509. The minimum Gasteiger partial charge on any atom is -0.392 e. The monoisotopic (exact) mass is 257 g/mol. The van der Waals surface area contributed by atoms with E-state index in [1.54, 1.807) is 6.92 Å². The van der Waals surface area contributed by atoms with Gasteiger partial charge in [0.1, 0.15) is 12.3 Å². The van der Waals surface area contributed by atoms with Gasteiger partial charge < -0.3 is 14.9 Å². The van der Waals surface area contributed by atoms with Crippen molar-refractivity contribution in [2.24, 2.45) is 11.7 Å². The predicted molar refractivity (Wildman–Crippen MR) is 60.6 cm³/mol. The van der Waals surface area contributed by atoms with Crippen LogP contribution >= 0.6 is 0 Å². The lowest BCUT2D eigenvalue weighted by atomic mass is 9.98. The topological polar surface area (TPSA) is 131 Å². The van der Waals surface area contributed by atoms with Crippen LogP contribution in [0.5, 0.6) is 0 Å². The van der Waals surface area contributed by atoms with E-state index in [-0.39, 0.29) is 0 Å². The Morgan fingerprint density at radius 3 is 2.78 bits per heavy atom. The summed E-state index contributed by atoms with van der Waals surface area (Å²) in [4.78, 5) is 24.7. The molecule has 1 aliphatic rings. The number of hydrogen-bond donors (Lipinski definition) is 4. The van der Waals surface area contributed by atoms with E-state index in [9.17, 15) is 14.7 Å². The molecule has 1 fully saturated rings. The average Bonchev–Trinajstić information content (AvgIpc) is 2.55. The number of H-pyrrole nitrogens is 1. The van der Waals surface area contributed by atoms with Crippen LogP contribution in [-0.2, 0) is 4.74 Å². The van der Waals surface area contributed by atoms with Crippen LogP contribution in [0.2, 0.25) is 0 Å². The lowest BCUT2D eigenvalue weighted by Crippen LogP contribution is -2.52. The normalized spacial score (nSPS) is 35.9. The van der Waals surface area contributed by atoms with Crippen LogP contribution in [0.3, 0.4) is 0 Å². The van der Waals surface area contributed by atoms with Crippen molar-refractivity contribution in [3.63, 3.8) is 0 Å². The number of rotatable bonds is 2. The van der Waals surface area contributed by atoms with Crippen molar-refractivity contribution < 1.29 is 14.9 Å². The highest BCUT2D eigenvalue weighted by Crippen LogP contribution is 2.37. The van der Waals surface area contributed by atoms with Gasteiger partial charge in [-0.1, -0.05) is 6.92 Å². The van der Waals surface area contributed by atoms with Gasteiger partial charge in [-0.3, -0.25) is 20.1 Å². The molecule has 2 rings (SSSR count). The third kappa shape index (κ3) is 1.89. The van der Waals surface area contributed by atoms with Gasteiger partial charge in [-0.05, 0) is 0 Å². The lowest BCUT2D eigenvalue weighted by Gasteiger charge is -2.24. The Kier molecular flexibility index (Phi) is 3.11. The van der Waals surface area contributed by atoms with E-state index in [1.165, 1.54) is 12.3 Å². The fourth-order valence-corrected chi connectivity index (χ4v) is 2.07. The number of nitrogens with one attached hydrogen (secondary N) is 1. The summed E-state index contributed by atoms with van der Waals surface area (Å²) < 4.78 is 6.47. The number of nitrogens with zero attached hydrogens (tertiary/aromatic N) is 1. The Morgan fingerprint density at radius 1 is 1.61 bits per heavy atom. The van der Waals surface area contributed by atoms with Crippen molar-refractivity contribution in [3.05, 3.63) is 33.1 Å². The van der Waals surface area contributed by atoms with Crippen LogP contribution in [0, 0.1) is 5.92 Å². The maximum absolute atomic E-state index is 11.6. The minimum atomic E-state index is -1.61. The van der Waals surface area contributed by atoms with Crippen LogP contribution in [0.1, 0.15) is 13.2 Å². The van der Waals surface area contributed by atoms with E-state index in [2.05, 4.69) is 4.98 Å². The molecule has 0 spiro atoms. The molecule has 0 unspecified atom stereocenters. The van der Waals surface area contributed by atoms with E-state index in [0.717, 1.165) is 4.57 Å². The van der Waals surface area contributed by atoms with Gasteiger partial charge in [-0.25, -0.2) is 4.79 Å². The summed E-state index contributed by atoms with van der Waals surface area (Å²) in [5, 5.41) is 19.0. The summed E-state index contributed by atoms with van der Waals surface area (Å²) in [6, 6.07) is 1.17.